The molecule has 0 fully saturated rings. The summed E-state index contributed by atoms with van der Waals surface area (Å²) >= 11 is 0. The van der Waals surface area contributed by atoms with Gasteiger partial charge in [-0.05, 0) is 18.2 Å². The van der Waals surface area contributed by atoms with E-state index in [1.165, 1.54) is 23.5 Å². The van der Waals surface area contributed by atoms with Crippen molar-refractivity contribution >= 4 is 24.4 Å². The monoisotopic (exact) mass is 201 g/mol. The molecule has 13 heavy (non-hydrogen) atoms. The number of hydrogen-bond donors (Lipinski definition) is 1. The standard InChI is InChI=1S/C8H8FN3.ClH/c9-7-1-2-8-6(3-7)4-12(10)5-11-8;/h1-3,5H,4,10H2;1H. The summed E-state index contributed by atoms with van der Waals surface area (Å²) in [6.07, 6.45) is 1.53. The van der Waals surface area contributed by atoms with Gasteiger partial charge in [0.15, 0.2) is 0 Å². The molecule has 0 atom stereocenters. The van der Waals surface area contributed by atoms with Crippen LogP contribution in [0.15, 0.2) is 23.2 Å². The third-order valence-corrected chi connectivity index (χ3v) is 1.74. The Morgan fingerprint density at radius 2 is 2.23 bits per heavy atom. The Labute approximate surface area is 81.4 Å². The average molecular weight is 202 g/mol. The maximum atomic E-state index is 12.7. The van der Waals surface area contributed by atoms with Crippen LogP contribution < -0.4 is 5.84 Å². The van der Waals surface area contributed by atoms with Gasteiger partial charge in [0.05, 0.1) is 12.2 Å². The van der Waals surface area contributed by atoms with Gasteiger partial charge < -0.3 is 0 Å². The van der Waals surface area contributed by atoms with Crippen molar-refractivity contribution in [2.45, 2.75) is 6.54 Å². The van der Waals surface area contributed by atoms with Gasteiger partial charge in [0, 0.05) is 5.56 Å². The van der Waals surface area contributed by atoms with Crippen molar-refractivity contribution in [3.8, 4) is 0 Å². The van der Waals surface area contributed by atoms with Gasteiger partial charge in [0.25, 0.3) is 0 Å². The molecule has 0 spiro atoms. The number of fused-ring (bicyclic) bond motifs is 1. The van der Waals surface area contributed by atoms with Gasteiger partial charge in [-0.2, -0.15) is 0 Å². The summed E-state index contributed by atoms with van der Waals surface area (Å²) in [6, 6.07) is 4.49. The highest BCUT2D eigenvalue weighted by Crippen LogP contribution is 2.23. The molecule has 2 N–H and O–H groups in total. The van der Waals surface area contributed by atoms with E-state index in [0.717, 1.165) is 11.3 Å². The molecule has 1 aliphatic rings. The van der Waals surface area contributed by atoms with Crippen molar-refractivity contribution in [2.75, 3.05) is 0 Å². The lowest BCUT2D eigenvalue weighted by molar-refractivity contribution is 0.440. The van der Waals surface area contributed by atoms with Crippen LogP contribution in [0.3, 0.4) is 0 Å². The zero-order valence-electron chi connectivity index (χ0n) is 6.77. The summed E-state index contributed by atoms with van der Waals surface area (Å²) in [5, 5.41) is 1.42. The van der Waals surface area contributed by atoms with Crippen LogP contribution in [-0.4, -0.2) is 11.3 Å². The number of halogens is 2. The predicted molar refractivity (Wildman–Crippen MR) is 51.5 cm³/mol. The third kappa shape index (κ3) is 1.96. The highest BCUT2D eigenvalue weighted by Gasteiger charge is 2.09. The van der Waals surface area contributed by atoms with E-state index in [1.54, 1.807) is 6.07 Å². The van der Waals surface area contributed by atoms with Crippen LogP contribution in [0, 0.1) is 5.82 Å². The fraction of sp³-hybridized carbons (Fsp3) is 0.125. The second kappa shape index (κ2) is 3.72. The predicted octanol–water partition coefficient (Wildman–Crippen LogP) is 1.60. The Morgan fingerprint density at radius 1 is 1.46 bits per heavy atom. The zero-order chi connectivity index (χ0) is 8.55. The van der Waals surface area contributed by atoms with Gasteiger partial charge in [-0.1, -0.05) is 0 Å². The van der Waals surface area contributed by atoms with E-state index in [0.29, 0.717) is 6.54 Å². The number of nitrogens with zero attached hydrogens (tertiary/aromatic N) is 2. The molecule has 1 aromatic carbocycles. The molecule has 5 heteroatoms. The highest BCUT2D eigenvalue weighted by molar-refractivity contribution is 5.85. The summed E-state index contributed by atoms with van der Waals surface area (Å²) in [7, 11) is 0. The van der Waals surface area contributed by atoms with E-state index >= 15 is 0 Å². The second-order valence-electron chi connectivity index (χ2n) is 2.69. The molecule has 0 unspecified atom stereocenters. The van der Waals surface area contributed by atoms with Crippen LogP contribution in [0.1, 0.15) is 5.56 Å². The Kier molecular flexibility index (Phi) is 2.85. The molecule has 0 radical (unpaired) electrons. The largest absolute Gasteiger partial charge is 0.296 e. The molecule has 3 nitrogen and oxygen atoms in total. The molecule has 70 valence electrons. The van der Waals surface area contributed by atoms with Crippen LogP contribution in [0.5, 0.6) is 0 Å². The number of aliphatic imine (C=N–C) groups is 1. The quantitative estimate of drug-likeness (QED) is 0.648. The molecule has 1 aliphatic heterocycles. The molecular weight excluding hydrogens is 193 g/mol. The normalized spacial score (nSPS) is 13.5. The molecule has 1 aromatic rings. The van der Waals surface area contributed by atoms with Gasteiger partial charge in [0.2, 0.25) is 0 Å². The fourth-order valence-corrected chi connectivity index (χ4v) is 1.18. The van der Waals surface area contributed by atoms with Crippen molar-refractivity contribution in [1.82, 2.24) is 5.01 Å². The van der Waals surface area contributed by atoms with Crippen molar-refractivity contribution in [3.05, 3.63) is 29.6 Å². The smallest absolute Gasteiger partial charge is 0.123 e. The van der Waals surface area contributed by atoms with Crippen LogP contribution in [0.25, 0.3) is 0 Å². The van der Waals surface area contributed by atoms with E-state index < -0.39 is 0 Å². The number of hydrazine groups is 1. The first kappa shape index (κ1) is 9.95. The molecule has 0 bridgehead atoms. The first-order valence-electron chi connectivity index (χ1n) is 3.60. The molecule has 0 amide bonds. The number of benzene rings is 1. The third-order valence-electron chi connectivity index (χ3n) is 1.74. The summed E-state index contributed by atoms with van der Waals surface area (Å²) in [5.74, 6) is 5.21. The zero-order valence-corrected chi connectivity index (χ0v) is 7.59. The molecule has 0 aromatic heterocycles. The Bertz CT molecular complexity index is 340. The number of hydrogen-bond acceptors (Lipinski definition) is 3. The minimum Gasteiger partial charge on any atom is -0.296 e. The second-order valence-corrected chi connectivity index (χ2v) is 2.69. The van der Waals surface area contributed by atoms with Gasteiger partial charge in [0.1, 0.15) is 12.2 Å². The Hall–Kier alpha value is -1.13. The molecule has 1 heterocycles. The van der Waals surface area contributed by atoms with Gasteiger partial charge in [-0.15, -0.1) is 12.4 Å². The molecule has 0 aliphatic carbocycles. The van der Waals surface area contributed by atoms with E-state index in [1.807, 2.05) is 0 Å². The van der Waals surface area contributed by atoms with Crippen LogP contribution >= 0.6 is 12.4 Å². The molecule has 0 saturated heterocycles. The van der Waals surface area contributed by atoms with E-state index in [-0.39, 0.29) is 18.2 Å². The lowest BCUT2D eigenvalue weighted by atomic mass is 10.1. The number of nitrogens with two attached hydrogens (primary N) is 1. The SMILES string of the molecule is Cl.NN1C=Nc2ccc(F)cc2C1. The lowest BCUT2D eigenvalue weighted by Crippen LogP contribution is -2.30. The first-order valence-corrected chi connectivity index (χ1v) is 3.60. The average Bonchev–Trinajstić information content (AvgIpc) is 2.03. The van der Waals surface area contributed by atoms with Gasteiger partial charge in [-0.3, -0.25) is 5.01 Å². The van der Waals surface area contributed by atoms with E-state index in [9.17, 15) is 4.39 Å². The van der Waals surface area contributed by atoms with Crippen LogP contribution in [-0.2, 0) is 6.54 Å². The van der Waals surface area contributed by atoms with Gasteiger partial charge >= 0.3 is 0 Å². The van der Waals surface area contributed by atoms with Crippen molar-refractivity contribution in [1.29, 1.82) is 0 Å². The van der Waals surface area contributed by atoms with E-state index in [4.69, 9.17) is 5.84 Å². The highest BCUT2D eigenvalue weighted by atomic mass is 35.5. The summed E-state index contributed by atoms with van der Waals surface area (Å²) in [5.41, 5.74) is 1.61. The molecular formula is C8H9ClFN3. The number of rotatable bonds is 0. The molecule has 0 saturated carbocycles. The lowest BCUT2D eigenvalue weighted by Gasteiger charge is -2.18. The maximum absolute atomic E-state index is 12.7. The minimum atomic E-state index is -0.251. The summed E-state index contributed by atoms with van der Waals surface area (Å²) < 4.78 is 12.7. The fourth-order valence-electron chi connectivity index (χ4n) is 1.18. The summed E-state index contributed by atoms with van der Waals surface area (Å²) in [4.78, 5) is 4.02. The molecule has 2 rings (SSSR count). The maximum Gasteiger partial charge on any atom is 0.123 e. The van der Waals surface area contributed by atoms with Crippen LogP contribution in [0.4, 0.5) is 10.1 Å². The van der Waals surface area contributed by atoms with Crippen molar-refractivity contribution < 1.29 is 4.39 Å². The first-order chi connectivity index (χ1) is 5.75. The Morgan fingerprint density at radius 3 is 3.00 bits per heavy atom. The Balaban J connectivity index is 0.000000845. The van der Waals surface area contributed by atoms with Crippen molar-refractivity contribution in [2.24, 2.45) is 10.8 Å². The topological polar surface area (TPSA) is 41.6 Å². The summed E-state index contributed by atoms with van der Waals surface area (Å²) in [6.45, 7) is 0.511. The minimum absolute atomic E-state index is 0. The van der Waals surface area contributed by atoms with Crippen LogP contribution in [0.2, 0.25) is 0 Å². The van der Waals surface area contributed by atoms with Crippen molar-refractivity contribution in [3.63, 3.8) is 0 Å². The van der Waals surface area contributed by atoms with Gasteiger partial charge in [-0.25, -0.2) is 15.2 Å². The van der Waals surface area contributed by atoms with E-state index in [2.05, 4.69) is 4.99 Å².